The molecule has 98 valence electrons. The zero-order valence-corrected chi connectivity index (χ0v) is 11.3. The second-order valence-corrected chi connectivity index (χ2v) is 5.92. The van der Waals surface area contributed by atoms with Crippen LogP contribution < -0.4 is 11.1 Å². The Hall–Kier alpha value is -1.00. The van der Waals surface area contributed by atoms with Crippen LogP contribution in [0.25, 0.3) is 0 Å². The summed E-state index contributed by atoms with van der Waals surface area (Å²) >= 11 is 1.76. The summed E-state index contributed by atoms with van der Waals surface area (Å²) in [6.45, 7) is 1.19. The quantitative estimate of drug-likeness (QED) is 0.610. The molecule has 0 unspecified atom stereocenters. The summed E-state index contributed by atoms with van der Waals surface area (Å²) in [5, 5.41) is 3.01. The normalized spacial score (nSPS) is 16.9. The molecule has 2 rings (SSSR count). The molecule has 0 saturated heterocycles. The molecule has 3 N–H and O–H groups in total. The first kappa shape index (κ1) is 13.4. The molecule has 0 aliphatic heterocycles. The Morgan fingerprint density at radius 1 is 1.33 bits per heavy atom. The summed E-state index contributed by atoms with van der Waals surface area (Å²) < 4.78 is 0. The van der Waals surface area contributed by atoms with Gasteiger partial charge in [-0.3, -0.25) is 4.79 Å². The number of nitrogens with one attached hydrogen (secondary N) is 1. The number of amides is 1. The average molecular weight is 264 g/mol. The second kappa shape index (κ2) is 6.25. The summed E-state index contributed by atoms with van der Waals surface area (Å²) in [4.78, 5) is 13.2. The lowest BCUT2D eigenvalue weighted by molar-refractivity contribution is -0.135. The summed E-state index contributed by atoms with van der Waals surface area (Å²) in [5.74, 6) is 1.04. The molecule has 0 radical (unpaired) electrons. The van der Waals surface area contributed by atoms with Crippen molar-refractivity contribution < 1.29 is 4.79 Å². The average Bonchev–Trinajstić information content (AvgIpc) is 2.35. The highest BCUT2D eigenvalue weighted by Crippen LogP contribution is 2.39. The van der Waals surface area contributed by atoms with Crippen LogP contribution in [0.1, 0.15) is 19.3 Å². The Morgan fingerprint density at radius 2 is 2.06 bits per heavy atom. The molecule has 1 saturated carbocycles. The van der Waals surface area contributed by atoms with Crippen LogP contribution in [-0.4, -0.2) is 24.7 Å². The van der Waals surface area contributed by atoms with E-state index in [1.807, 2.05) is 18.2 Å². The largest absolute Gasteiger partial charge is 0.355 e. The maximum Gasteiger partial charge on any atom is 0.227 e. The van der Waals surface area contributed by atoms with E-state index in [0.717, 1.165) is 25.0 Å². The Labute approximate surface area is 113 Å². The minimum atomic E-state index is -0.253. The van der Waals surface area contributed by atoms with E-state index < -0.39 is 0 Å². The van der Waals surface area contributed by atoms with E-state index in [4.69, 9.17) is 5.73 Å². The van der Waals surface area contributed by atoms with Crippen LogP contribution in [0.2, 0.25) is 0 Å². The first-order valence-corrected chi connectivity index (χ1v) is 7.42. The van der Waals surface area contributed by atoms with Crippen molar-refractivity contribution in [3.05, 3.63) is 30.3 Å². The zero-order chi connectivity index (χ0) is 12.8. The van der Waals surface area contributed by atoms with Crippen LogP contribution in [0.15, 0.2) is 35.2 Å². The van der Waals surface area contributed by atoms with E-state index in [9.17, 15) is 4.79 Å². The first-order chi connectivity index (χ1) is 8.77. The molecule has 1 aromatic rings. The van der Waals surface area contributed by atoms with Gasteiger partial charge in [-0.05, 0) is 25.0 Å². The lowest BCUT2D eigenvalue weighted by Crippen LogP contribution is -2.50. The number of nitrogens with two attached hydrogens (primary N) is 1. The van der Waals surface area contributed by atoms with Gasteiger partial charge in [0.15, 0.2) is 0 Å². The lowest BCUT2D eigenvalue weighted by Gasteiger charge is -2.39. The molecule has 0 atom stereocenters. The number of thioether (sulfide) groups is 1. The number of hydrogen-bond donors (Lipinski definition) is 2. The molecule has 1 fully saturated rings. The fourth-order valence-electron chi connectivity index (χ4n) is 2.17. The fraction of sp³-hybridized carbons (Fsp3) is 0.500. The van der Waals surface area contributed by atoms with Gasteiger partial charge in [0.2, 0.25) is 5.91 Å². The van der Waals surface area contributed by atoms with E-state index >= 15 is 0 Å². The standard InChI is InChI=1S/C14H20N2OS/c15-11-14(7-4-8-14)13(17)16-9-10-18-12-5-2-1-3-6-12/h1-3,5-6H,4,7-11,15H2,(H,16,17). The van der Waals surface area contributed by atoms with Crippen molar-refractivity contribution in [2.75, 3.05) is 18.8 Å². The van der Waals surface area contributed by atoms with E-state index in [0.29, 0.717) is 13.1 Å². The van der Waals surface area contributed by atoms with Crippen LogP contribution in [0, 0.1) is 5.41 Å². The Bertz CT molecular complexity index is 385. The van der Waals surface area contributed by atoms with Gasteiger partial charge in [-0.25, -0.2) is 0 Å². The van der Waals surface area contributed by atoms with Crippen molar-refractivity contribution in [3.8, 4) is 0 Å². The topological polar surface area (TPSA) is 55.1 Å². The maximum atomic E-state index is 12.0. The molecule has 0 heterocycles. The van der Waals surface area contributed by atoms with Gasteiger partial charge >= 0.3 is 0 Å². The lowest BCUT2D eigenvalue weighted by atomic mass is 9.68. The van der Waals surface area contributed by atoms with Crippen molar-refractivity contribution in [3.63, 3.8) is 0 Å². The molecule has 1 aliphatic rings. The third-order valence-corrected chi connectivity index (χ3v) is 4.60. The number of rotatable bonds is 6. The smallest absolute Gasteiger partial charge is 0.227 e. The summed E-state index contributed by atoms with van der Waals surface area (Å²) in [7, 11) is 0. The predicted octanol–water partition coefficient (Wildman–Crippen LogP) is 2.02. The summed E-state index contributed by atoms with van der Waals surface area (Å²) in [6.07, 6.45) is 3.02. The van der Waals surface area contributed by atoms with E-state index in [-0.39, 0.29) is 11.3 Å². The van der Waals surface area contributed by atoms with Crippen LogP contribution in [0.4, 0.5) is 0 Å². The highest BCUT2D eigenvalue weighted by atomic mass is 32.2. The molecule has 18 heavy (non-hydrogen) atoms. The van der Waals surface area contributed by atoms with Gasteiger partial charge in [-0.2, -0.15) is 0 Å². The van der Waals surface area contributed by atoms with Crippen LogP contribution >= 0.6 is 11.8 Å². The molecule has 0 spiro atoms. The molecular weight excluding hydrogens is 244 g/mol. The molecule has 1 amide bonds. The molecule has 3 nitrogen and oxygen atoms in total. The van der Waals surface area contributed by atoms with Gasteiger partial charge in [0.25, 0.3) is 0 Å². The fourth-order valence-corrected chi connectivity index (χ4v) is 2.95. The number of benzene rings is 1. The highest BCUT2D eigenvalue weighted by Gasteiger charge is 2.42. The minimum absolute atomic E-state index is 0.143. The van der Waals surface area contributed by atoms with Crippen molar-refractivity contribution in [2.24, 2.45) is 11.1 Å². The van der Waals surface area contributed by atoms with Gasteiger partial charge in [-0.1, -0.05) is 24.6 Å². The van der Waals surface area contributed by atoms with Gasteiger partial charge in [-0.15, -0.1) is 11.8 Å². The van der Waals surface area contributed by atoms with Crippen LogP contribution in [0.5, 0.6) is 0 Å². The van der Waals surface area contributed by atoms with Gasteiger partial charge in [0.1, 0.15) is 0 Å². The first-order valence-electron chi connectivity index (χ1n) is 6.43. The number of carbonyl (C=O) groups is 1. The number of carbonyl (C=O) groups excluding carboxylic acids is 1. The minimum Gasteiger partial charge on any atom is -0.355 e. The Balaban J connectivity index is 1.68. The molecule has 1 aromatic carbocycles. The molecule has 0 bridgehead atoms. The van der Waals surface area contributed by atoms with Gasteiger partial charge < -0.3 is 11.1 Å². The van der Waals surface area contributed by atoms with Crippen molar-refractivity contribution in [1.82, 2.24) is 5.32 Å². The monoisotopic (exact) mass is 264 g/mol. The highest BCUT2D eigenvalue weighted by molar-refractivity contribution is 7.99. The maximum absolute atomic E-state index is 12.0. The van der Waals surface area contributed by atoms with E-state index in [2.05, 4.69) is 17.4 Å². The van der Waals surface area contributed by atoms with Crippen molar-refractivity contribution in [1.29, 1.82) is 0 Å². The molecular formula is C14H20N2OS. The summed E-state index contributed by atoms with van der Waals surface area (Å²) in [6, 6.07) is 10.2. The zero-order valence-electron chi connectivity index (χ0n) is 10.5. The predicted molar refractivity (Wildman–Crippen MR) is 75.5 cm³/mol. The van der Waals surface area contributed by atoms with Crippen LogP contribution in [-0.2, 0) is 4.79 Å². The summed E-state index contributed by atoms with van der Waals surface area (Å²) in [5.41, 5.74) is 5.45. The van der Waals surface area contributed by atoms with Gasteiger partial charge in [0.05, 0.1) is 5.41 Å². The Kier molecular flexibility index (Phi) is 4.66. The number of hydrogen-bond acceptors (Lipinski definition) is 3. The molecule has 1 aliphatic carbocycles. The van der Waals surface area contributed by atoms with Crippen LogP contribution in [0.3, 0.4) is 0 Å². The third kappa shape index (κ3) is 3.06. The SMILES string of the molecule is NCC1(C(=O)NCCSc2ccccc2)CCC1. The van der Waals surface area contributed by atoms with E-state index in [1.54, 1.807) is 11.8 Å². The molecule has 4 heteroatoms. The van der Waals surface area contributed by atoms with E-state index in [1.165, 1.54) is 4.90 Å². The van der Waals surface area contributed by atoms with Crippen molar-refractivity contribution in [2.45, 2.75) is 24.2 Å². The Morgan fingerprint density at radius 3 is 2.61 bits per heavy atom. The second-order valence-electron chi connectivity index (χ2n) is 4.76. The molecule has 0 aromatic heterocycles. The third-order valence-electron chi connectivity index (χ3n) is 3.58. The van der Waals surface area contributed by atoms with Gasteiger partial charge in [0, 0.05) is 23.7 Å². The van der Waals surface area contributed by atoms with Crippen molar-refractivity contribution >= 4 is 17.7 Å².